The molecule has 16 heavy (non-hydrogen) atoms. The Bertz CT molecular complexity index is 331. The summed E-state index contributed by atoms with van der Waals surface area (Å²) in [5.41, 5.74) is 0.762. The minimum absolute atomic E-state index is 0.0263. The quantitative estimate of drug-likeness (QED) is 0.733. The number of nitrogens with one attached hydrogen (secondary N) is 1. The van der Waals surface area contributed by atoms with E-state index in [4.69, 9.17) is 4.74 Å². The van der Waals surface area contributed by atoms with Crippen LogP contribution in [0.3, 0.4) is 0 Å². The highest BCUT2D eigenvalue weighted by atomic mass is 19.1. The van der Waals surface area contributed by atoms with Gasteiger partial charge in [0.2, 0.25) is 0 Å². The van der Waals surface area contributed by atoms with E-state index in [2.05, 4.69) is 5.32 Å². The highest BCUT2D eigenvalue weighted by Gasteiger charge is 2.10. The average Bonchev–Trinajstić information content (AvgIpc) is 2.30. The molecular weight excluding hydrogens is 209 g/mol. The number of halogens is 1. The Morgan fingerprint density at radius 1 is 1.50 bits per heavy atom. The van der Waals surface area contributed by atoms with Crippen molar-refractivity contribution in [2.24, 2.45) is 0 Å². The van der Waals surface area contributed by atoms with Gasteiger partial charge in [-0.1, -0.05) is 0 Å². The van der Waals surface area contributed by atoms with E-state index in [1.165, 1.54) is 0 Å². The predicted octanol–water partition coefficient (Wildman–Crippen LogP) is 2.41. The summed E-state index contributed by atoms with van der Waals surface area (Å²) in [5.74, 6) is 0.924. The molecule has 3 nitrogen and oxygen atoms in total. The van der Waals surface area contributed by atoms with Crippen LogP contribution in [0.25, 0.3) is 0 Å². The van der Waals surface area contributed by atoms with Gasteiger partial charge in [0.25, 0.3) is 0 Å². The van der Waals surface area contributed by atoms with Gasteiger partial charge >= 0.3 is 0 Å². The van der Waals surface area contributed by atoms with Crippen LogP contribution in [0.15, 0.2) is 18.2 Å². The second-order valence-corrected chi connectivity index (χ2v) is 3.64. The SMILES string of the molecule is COc1ccc(O)c(C(C)NCCCF)c1. The van der Waals surface area contributed by atoms with Crippen LogP contribution < -0.4 is 10.1 Å². The summed E-state index contributed by atoms with van der Waals surface area (Å²) in [6, 6.07) is 5.05. The monoisotopic (exact) mass is 227 g/mol. The topological polar surface area (TPSA) is 41.5 Å². The number of hydrogen-bond acceptors (Lipinski definition) is 3. The lowest BCUT2D eigenvalue weighted by atomic mass is 10.1. The summed E-state index contributed by atoms with van der Waals surface area (Å²) in [6.07, 6.45) is 0.481. The number of phenolic OH excluding ortho intramolecular Hbond substituents is 1. The first kappa shape index (κ1) is 12.8. The fourth-order valence-electron chi connectivity index (χ4n) is 1.50. The number of rotatable bonds is 6. The molecular formula is C12H18FNO2. The molecule has 4 heteroatoms. The van der Waals surface area contributed by atoms with Crippen molar-refractivity contribution < 1.29 is 14.2 Å². The fraction of sp³-hybridized carbons (Fsp3) is 0.500. The molecule has 0 heterocycles. The summed E-state index contributed by atoms with van der Waals surface area (Å²) >= 11 is 0. The summed E-state index contributed by atoms with van der Waals surface area (Å²) in [4.78, 5) is 0. The summed E-state index contributed by atoms with van der Waals surface area (Å²) in [5, 5.41) is 12.8. The van der Waals surface area contributed by atoms with Crippen LogP contribution in [0.1, 0.15) is 24.9 Å². The van der Waals surface area contributed by atoms with Gasteiger partial charge < -0.3 is 15.2 Å². The van der Waals surface area contributed by atoms with E-state index in [9.17, 15) is 9.50 Å². The van der Waals surface area contributed by atoms with Gasteiger partial charge in [-0.3, -0.25) is 4.39 Å². The van der Waals surface area contributed by atoms with Crippen LogP contribution in [0.4, 0.5) is 4.39 Å². The van der Waals surface area contributed by atoms with Gasteiger partial charge in [0.15, 0.2) is 0 Å². The minimum Gasteiger partial charge on any atom is -0.508 e. The highest BCUT2D eigenvalue weighted by Crippen LogP contribution is 2.28. The lowest BCUT2D eigenvalue weighted by molar-refractivity contribution is 0.405. The number of benzene rings is 1. The maximum Gasteiger partial charge on any atom is 0.120 e. The molecule has 0 amide bonds. The van der Waals surface area contributed by atoms with Gasteiger partial charge in [0.1, 0.15) is 11.5 Å². The average molecular weight is 227 g/mol. The van der Waals surface area contributed by atoms with Crippen LogP contribution in [0.5, 0.6) is 11.5 Å². The first-order valence-corrected chi connectivity index (χ1v) is 5.35. The standard InChI is InChI=1S/C12H18FNO2/c1-9(14-7-3-6-13)11-8-10(16-2)4-5-12(11)15/h4-5,8-9,14-15H,3,6-7H2,1-2H3. The van der Waals surface area contributed by atoms with Crippen LogP contribution in [-0.4, -0.2) is 25.4 Å². The highest BCUT2D eigenvalue weighted by molar-refractivity contribution is 5.41. The van der Waals surface area contributed by atoms with Crippen molar-refractivity contribution in [1.29, 1.82) is 0 Å². The van der Waals surface area contributed by atoms with E-state index < -0.39 is 0 Å². The maximum absolute atomic E-state index is 11.9. The molecule has 0 spiro atoms. The Balaban J connectivity index is 2.69. The van der Waals surface area contributed by atoms with Crippen LogP contribution >= 0.6 is 0 Å². The van der Waals surface area contributed by atoms with E-state index in [-0.39, 0.29) is 18.5 Å². The number of methoxy groups -OCH3 is 1. The molecule has 0 aliphatic rings. The lowest BCUT2D eigenvalue weighted by Gasteiger charge is -2.16. The molecule has 1 unspecified atom stereocenters. The molecule has 1 rings (SSSR count). The number of alkyl halides is 1. The number of ether oxygens (including phenoxy) is 1. The normalized spacial score (nSPS) is 12.4. The van der Waals surface area contributed by atoms with Crippen molar-refractivity contribution in [1.82, 2.24) is 5.32 Å². The summed E-state index contributed by atoms with van der Waals surface area (Å²) in [6.45, 7) is 2.19. The van der Waals surface area contributed by atoms with E-state index in [1.807, 2.05) is 6.92 Å². The Morgan fingerprint density at radius 3 is 2.88 bits per heavy atom. The van der Waals surface area contributed by atoms with E-state index >= 15 is 0 Å². The second kappa shape index (κ2) is 6.33. The minimum atomic E-state index is -0.330. The third-order valence-electron chi connectivity index (χ3n) is 2.46. The molecule has 0 saturated heterocycles. The predicted molar refractivity (Wildman–Crippen MR) is 61.7 cm³/mol. The number of aromatic hydroxyl groups is 1. The molecule has 1 atom stereocenters. The molecule has 0 radical (unpaired) electrons. The molecule has 1 aromatic rings. The summed E-state index contributed by atoms with van der Waals surface area (Å²) in [7, 11) is 1.58. The zero-order valence-electron chi connectivity index (χ0n) is 9.66. The third kappa shape index (κ3) is 3.38. The van der Waals surface area contributed by atoms with E-state index in [1.54, 1.807) is 25.3 Å². The maximum atomic E-state index is 11.9. The number of phenols is 1. The van der Waals surface area contributed by atoms with Gasteiger partial charge in [-0.05, 0) is 38.1 Å². The van der Waals surface area contributed by atoms with Gasteiger partial charge in [0.05, 0.1) is 13.8 Å². The molecule has 2 N–H and O–H groups in total. The molecule has 0 bridgehead atoms. The van der Waals surface area contributed by atoms with Crippen LogP contribution in [-0.2, 0) is 0 Å². The fourth-order valence-corrected chi connectivity index (χ4v) is 1.50. The second-order valence-electron chi connectivity index (χ2n) is 3.64. The van der Waals surface area contributed by atoms with Crippen molar-refractivity contribution >= 4 is 0 Å². The molecule has 0 aliphatic carbocycles. The first-order valence-electron chi connectivity index (χ1n) is 5.35. The third-order valence-corrected chi connectivity index (χ3v) is 2.46. The van der Waals surface area contributed by atoms with E-state index in [0.29, 0.717) is 18.7 Å². The molecule has 90 valence electrons. The van der Waals surface area contributed by atoms with Crippen LogP contribution in [0.2, 0.25) is 0 Å². The van der Waals surface area contributed by atoms with Crippen LogP contribution in [0, 0.1) is 0 Å². The molecule has 0 aromatic heterocycles. The van der Waals surface area contributed by atoms with Gasteiger partial charge in [0, 0.05) is 11.6 Å². The zero-order chi connectivity index (χ0) is 12.0. The Kier molecular flexibility index (Phi) is 5.05. The first-order chi connectivity index (χ1) is 7.69. The van der Waals surface area contributed by atoms with Gasteiger partial charge in [-0.2, -0.15) is 0 Å². The summed E-state index contributed by atoms with van der Waals surface area (Å²) < 4.78 is 17.0. The van der Waals surface area contributed by atoms with Crippen molar-refractivity contribution in [3.05, 3.63) is 23.8 Å². The molecule has 1 aromatic carbocycles. The Labute approximate surface area is 95.2 Å². The number of hydrogen-bond donors (Lipinski definition) is 2. The smallest absolute Gasteiger partial charge is 0.120 e. The van der Waals surface area contributed by atoms with Crippen molar-refractivity contribution in [2.45, 2.75) is 19.4 Å². The largest absolute Gasteiger partial charge is 0.508 e. The molecule has 0 aliphatic heterocycles. The molecule has 0 fully saturated rings. The Hall–Kier alpha value is -1.29. The lowest BCUT2D eigenvalue weighted by Crippen LogP contribution is -2.20. The zero-order valence-corrected chi connectivity index (χ0v) is 9.66. The molecule has 0 saturated carbocycles. The van der Waals surface area contributed by atoms with E-state index in [0.717, 1.165) is 5.56 Å². The Morgan fingerprint density at radius 2 is 2.25 bits per heavy atom. The van der Waals surface area contributed by atoms with Crippen molar-refractivity contribution in [3.63, 3.8) is 0 Å². The van der Waals surface area contributed by atoms with Gasteiger partial charge in [-0.25, -0.2) is 0 Å². The van der Waals surface area contributed by atoms with Crippen molar-refractivity contribution in [2.75, 3.05) is 20.3 Å². The van der Waals surface area contributed by atoms with Crippen molar-refractivity contribution in [3.8, 4) is 11.5 Å². The van der Waals surface area contributed by atoms with Gasteiger partial charge in [-0.15, -0.1) is 0 Å².